The molecule has 0 aliphatic heterocycles. The second-order valence-electron chi connectivity index (χ2n) is 4.98. The van der Waals surface area contributed by atoms with Crippen molar-refractivity contribution in [2.75, 3.05) is 5.73 Å². The van der Waals surface area contributed by atoms with Crippen LogP contribution in [0.3, 0.4) is 0 Å². The second kappa shape index (κ2) is 5.21. The summed E-state index contributed by atoms with van der Waals surface area (Å²) in [6.07, 6.45) is 3.67. The maximum Gasteiger partial charge on any atom is 0.256 e. The summed E-state index contributed by atoms with van der Waals surface area (Å²) in [6.45, 7) is 0.471. The Bertz CT molecular complexity index is 621. The van der Waals surface area contributed by atoms with Gasteiger partial charge in [-0.3, -0.25) is 4.79 Å². The first-order valence-electron chi connectivity index (χ1n) is 6.53. The number of nitrogens with two attached hydrogens (primary N) is 1. The van der Waals surface area contributed by atoms with E-state index >= 15 is 0 Å². The van der Waals surface area contributed by atoms with E-state index < -0.39 is 0 Å². The van der Waals surface area contributed by atoms with E-state index in [-0.39, 0.29) is 11.9 Å². The zero-order valence-electron chi connectivity index (χ0n) is 10.9. The lowest BCUT2D eigenvalue weighted by molar-refractivity contribution is 0.0718. The number of hydrogen-bond acceptors (Lipinski definition) is 3. The number of furan rings is 1. The number of amides is 1. The van der Waals surface area contributed by atoms with Crippen molar-refractivity contribution in [3.63, 3.8) is 0 Å². The van der Waals surface area contributed by atoms with Gasteiger partial charge in [-0.05, 0) is 43.2 Å². The molecule has 5 heteroatoms. The average Bonchev–Trinajstić information content (AvgIpc) is 3.12. The third-order valence-electron chi connectivity index (χ3n) is 3.40. The number of anilines is 1. The first kappa shape index (κ1) is 13.1. The summed E-state index contributed by atoms with van der Waals surface area (Å²) in [5, 5.41) is 0.531. The van der Waals surface area contributed by atoms with Gasteiger partial charge in [-0.15, -0.1) is 0 Å². The molecule has 0 unspecified atom stereocenters. The van der Waals surface area contributed by atoms with Gasteiger partial charge in [0.05, 0.1) is 18.4 Å². The van der Waals surface area contributed by atoms with Crippen molar-refractivity contribution >= 4 is 23.2 Å². The molecule has 3 rings (SSSR count). The molecule has 1 amide bonds. The molecule has 0 spiro atoms. The normalized spacial score (nSPS) is 14.2. The van der Waals surface area contributed by atoms with Crippen LogP contribution in [0.1, 0.15) is 29.0 Å². The summed E-state index contributed by atoms with van der Waals surface area (Å²) in [4.78, 5) is 14.5. The highest BCUT2D eigenvalue weighted by atomic mass is 35.5. The molecule has 4 nitrogen and oxygen atoms in total. The Morgan fingerprint density at radius 3 is 2.80 bits per heavy atom. The van der Waals surface area contributed by atoms with Gasteiger partial charge in [0, 0.05) is 16.8 Å². The lowest BCUT2D eigenvalue weighted by Crippen LogP contribution is -2.33. The summed E-state index contributed by atoms with van der Waals surface area (Å²) < 4.78 is 5.33. The number of benzene rings is 1. The Morgan fingerprint density at radius 2 is 2.20 bits per heavy atom. The van der Waals surface area contributed by atoms with Crippen molar-refractivity contribution in [1.29, 1.82) is 0 Å². The van der Waals surface area contributed by atoms with E-state index in [1.807, 2.05) is 17.0 Å². The van der Waals surface area contributed by atoms with Gasteiger partial charge in [0.25, 0.3) is 5.91 Å². The summed E-state index contributed by atoms with van der Waals surface area (Å²) in [5.74, 6) is 0.704. The molecule has 20 heavy (non-hydrogen) atoms. The molecule has 0 saturated heterocycles. The van der Waals surface area contributed by atoms with E-state index in [2.05, 4.69) is 0 Å². The van der Waals surface area contributed by atoms with Gasteiger partial charge in [-0.25, -0.2) is 0 Å². The maximum atomic E-state index is 12.6. The van der Waals surface area contributed by atoms with Crippen LogP contribution in [0.5, 0.6) is 0 Å². The van der Waals surface area contributed by atoms with E-state index in [1.54, 1.807) is 24.5 Å². The quantitative estimate of drug-likeness (QED) is 0.879. The van der Waals surface area contributed by atoms with Crippen LogP contribution < -0.4 is 5.73 Å². The molecule has 1 saturated carbocycles. The molecule has 1 fully saturated rings. The minimum Gasteiger partial charge on any atom is -0.467 e. The topological polar surface area (TPSA) is 59.5 Å². The van der Waals surface area contributed by atoms with Gasteiger partial charge in [0.15, 0.2) is 0 Å². The Hall–Kier alpha value is -1.94. The van der Waals surface area contributed by atoms with Crippen molar-refractivity contribution in [3.8, 4) is 0 Å². The number of halogens is 1. The Labute approximate surface area is 122 Å². The van der Waals surface area contributed by atoms with Crippen LogP contribution >= 0.6 is 11.6 Å². The van der Waals surface area contributed by atoms with E-state index in [0.717, 1.165) is 18.6 Å². The zero-order chi connectivity index (χ0) is 14.1. The minimum atomic E-state index is -0.0712. The highest BCUT2D eigenvalue weighted by Crippen LogP contribution is 2.31. The number of rotatable bonds is 4. The van der Waals surface area contributed by atoms with E-state index in [1.165, 1.54) is 0 Å². The lowest BCUT2D eigenvalue weighted by Gasteiger charge is -2.22. The molecular formula is C15H15ClN2O2. The third-order valence-corrected chi connectivity index (χ3v) is 3.63. The molecule has 1 aliphatic carbocycles. The SMILES string of the molecule is Nc1cc(Cl)ccc1C(=O)N(Cc1ccco1)C1CC1. The molecule has 2 aromatic rings. The molecule has 104 valence electrons. The van der Waals surface area contributed by atoms with Crippen molar-refractivity contribution in [2.24, 2.45) is 0 Å². The molecule has 1 aromatic heterocycles. The van der Waals surface area contributed by atoms with Crippen LogP contribution in [0.25, 0.3) is 0 Å². The Balaban J connectivity index is 1.85. The predicted molar refractivity (Wildman–Crippen MR) is 77.5 cm³/mol. The maximum absolute atomic E-state index is 12.6. The standard InChI is InChI=1S/C15H15ClN2O2/c16-10-3-6-13(14(17)8-10)15(19)18(11-4-5-11)9-12-2-1-7-20-12/h1-3,6-8,11H,4-5,9,17H2. The van der Waals surface area contributed by atoms with Gasteiger partial charge >= 0.3 is 0 Å². The average molecular weight is 291 g/mol. The van der Waals surface area contributed by atoms with Crippen LogP contribution in [-0.2, 0) is 6.54 Å². The summed E-state index contributed by atoms with van der Waals surface area (Å²) in [5.41, 5.74) is 6.80. The number of carbonyl (C=O) groups is 1. The molecule has 1 aromatic carbocycles. The minimum absolute atomic E-state index is 0.0712. The Morgan fingerprint density at radius 1 is 1.40 bits per heavy atom. The van der Waals surface area contributed by atoms with Crippen LogP contribution in [0, 0.1) is 0 Å². The van der Waals surface area contributed by atoms with Crippen LogP contribution in [0.4, 0.5) is 5.69 Å². The molecule has 1 aliphatic rings. The molecule has 0 bridgehead atoms. The van der Waals surface area contributed by atoms with Crippen molar-refractivity contribution in [1.82, 2.24) is 4.90 Å². The van der Waals surface area contributed by atoms with Gasteiger partial charge in [-0.2, -0.15) is 0 Å². The van der Waals surface area contributed by atoms with Gasteiger partial charge in [0.2, 0.25) is 0 Å². The smallest absolute Gasteiger partial charge is 0.256 e. The number of nitrogens with zero attached hydrogens (tertiary/aromatic N) is 1. The molecule has 0 atom stereocenters. The largest absolute Gasteiger partial charge is 0.467 e. The van der Waals surface area contributed by atoms with Crippen molar-refractivity contribution in [3.05, 3.63) is 52.9 Å². The van der Waals surface area contributed by atoms with Crippen molar-refractivity contribution < 1.29 is 9.21 Å². The fraction of sp³-hybridized carbons (Fsp3) is 0.267. The first-order chi connectivity index (χ1) is 9.65. The number of hydrogen-bond donors (Lipinski definition) is 1. The van der Waals surface area contributed by atoms with E-state index in [4.69, 9.17) is 21.8 Å². The molecular weight excluding hydrogens is 276 g/mol. The summed E-state index contributed by atoms with van der Waals surface area (Å²) in [7, 11) is 0. The van der Waals surface area contributed by atoms with E-state index in [0.29, 0.717) is 22.8 Å². The highest BCUT2D eigenvalue weighted by molar-refractivity contribution is 6.31. The van der Waals surface area contributed by atoms with Gasteiger partial charge in [0.1, 0.15) is 5.76 Å². The fourth-order valence-corrected chi connectivity index (χ4v) is 2.39. The van der Waals surface area contributed by atoms with E-state index in [9.17, 15) is 4.79 Å². The monoisotopic (exact) mass is 290 g/mol. The fourth-order valence-electron chi connectivity index (χ4n) is 2.21. The van der Waals surface area contributed by atoms with Crippen LogP contribution in [0.2, 0.25) is 5.02 Å². The molecule has 1 heterocycles. The number of nitrogen functional groups attached to an aromatic ring is 1. The van der Waals surface area contributed by atoms with Crippen molar-refractivity contribution in [2.45, 2.75) is 25.4 Å². The predicted octanol–water partition coefficient (Wildman–Crippen LogP) is 3.32. The molecule has 2 N–H and O–H groups in total. The van der Waals surface area contributed by atoms with Gasteiger partial charge < -0.3 is 15.1 Å². The second-order valence-corrected chi connectivity index (χ2v) is 5.41. The summed E-state index contributed by atoms with van der Waals surface area (Å²) in [6, 6.07) is 8.94. The van der Waals surface area contributed by atoms with Gasteiger partial charge in [-0.1, -0.05) is 11.6 Å². The zero-order valence-corrected chi connectivity index (χ0v) is 11.6. The first-order valence-corrected chi connectivity index (χ1v) is 6.91. The highest BCUT2D eigenvalue weighted by Gasteiger charge is 2.34. The molecule has 0 radical (unpaired) electrons. The Kier molecular flexibility index (Phi) is 3.40. The van der Waals surface area contributed by atoms with Crippen LogP contribution in [-0.4, -0.2) is 16.8 Å². The number of carbonyl (C=O) groups excluding carboxylic acids is 1. The lowest BCUT2D eigenvalue weighted by atomic mass is 10.1. The summed E-state index contributed by atoms with van der Waals surface area (Å²) >= 11 is 5.87. The third kappa shape index (κ3) is 2.65. The van der Waals surface area contributed by atoms with Crippen LogP contribution in [0.15, 0.2) is 41.0 Å².